The summed E-state index contributed by atoms with van der Waals surface area (Å²) in [6.45, 7) is 0.413. The summed E-state index contributed by atoms with van der Waals surface area (Å²) >= 11 is 11.6. The van der Waals surface area contributed by atoms with E-state index >= 15 is 0 Å². The lowest BCUT2D eigenvalue weighted by Gasteiger charge is -2.12. The first kappa shape index (κ1) is 15.1. The zero-order chi connectivity index (χ0) is 14.0. The second kappa shape index (κ2) is 5.97. The van der Waals surface area contributed by atoms with Crippen molar-refractivity contribution < 1.29 is 8.42 Å². The molecular weight excluding hydrogens is 307 g/mol. The smallest absolute Gasteiger partial charge is 0.240 e. The summed E-state index contributed by atoms with van der Waals surface area (Å²) in [6, 6.07) is 4.47. The van der Waals surface area contributed by atoms with Gasteiger partial charge >= 0.3 is 0 Å². The van der Waals surface area contributed by atoms with Gasteiger partial charge in [-0.3, -0.25) is 0 Å². The van der Waals surface area contributed by atoms with E-state index < -0.39 is 10.0 Å². The largest absolute Gasteiger partial charge is 0.328 e. The molecule has 7 heteroatoms. The third-order valence-electron chi connectivity index (χ3n) is 3.35. The molecule has 0 unspecified atom stereocenters. The van der Waals surface area contributed by atoms with E-state index in [4.69, 9.17) is 28.9 Å². The molecule has 0 amide bonds. The molecule has 1 aliphatic rings. The highest BCUT2D eigenvalue weighted by atomic mass is 35.5. The number of sulfonamides is 1. The van der Waals surface area contributed by atoms with Crippen molar-refractivity contribution in [2.75, 3.05) is 6.54 Å². The lowest BCUT2D eigenvalue weighted by Crippen LogP contribution is -2.29. The molecule has 19 heavy (non-hydrogen) atoms. The third kappa shape index (κ3) is 3.83. The lowest BCUT2D eigenvalue weighted by molar-refractivity contribution is 0.512. The van der Waals surface area contributed by atoms with Crippen molar-refractivity contribution in [3.05, 3.63) is 28.2 Å². The topological polar surface area (TPSA) is 72.2 Å². The fraction of sp³-hybridized carbons (Fsp3) is 0.500. The predicted molar refractivity (Wildman–Crippen MR) is 77.0 cm³/mol. The van der Waals surface area contributed by atoms with Crippen molar-refractivity contribution in [2.24, 2.45) is 11.7 Å². The molecule has 0 bridgehead atoms. The molecule has 2 rings (SSSR count). The Balaban J connectivity index is 2.03. The Kier molecular flexibility index (Phi) is 4.74. The molecule has 4 nitrogen and oxygen atoms in total. The molecule has 2 atom stereocenters. The molecule has 1 aromatic rings. The van der Waals surface area contributed by atoms with Crippen molar-refractivity contribution in [3.63, 3.8) is 0 Å². The van der Waals surface area contributed by atoms with E-state index in [2.05, 4.69) is 4.72 Å². The van der Waals surface area contributed by atoms with E-state index in [1.54, 1.807) is 0 Å². The maximum absolute atomic E-state index is 12.1. The van der Waals surface area contributed by atoms with Gasteiger partial charge in [-0.25, -0.2) is 13.1 Å². The number of hydrogen-bond acceptors (Lipinski definition) is 3. The third-order valence-corrected chi connectivity index (χ3v) is 5.51. The average Bonchev–Trinajstić information content (AvgIpc) is 2.76. The van der Waals surface area contributed by atoms with Crippen molar-refractivity contribution in [1.29, 1.82) is 0 Å². The van der Waals surface area contributed by atoms with Crippen LogP contribution in [0.5, 0.6) is 0 Å². The van der Waals surface area contributed by atoms with E-state index in [0.717, 1.165) is 19.3 Å². The summed E-state index contributed by atoms with van der Waals surface area (Å²) in [6.07, 6.45) is 2.79. The highest BCUT2D eigenvalue weighted by molar-refractivity contribution is 7.89. The Labute approximate surface area is 123 Å². The number of nitrogens with two attached hydrogens (primary N) is 1. The normalized spacial score (nSPS) is 23.7. The first-order valence-corrected chi connectivity index (χ1v) is 8.32. The monoisotopic (exact) mass is 322 g/mol. The van der Waals surface area contributed by atoms with Crippen LogP contribution in [0, 0.1) is 5.92 Å². The van der Waals surface area contributed by atoms with E-state index in [9.17, 15) is 8.42 Å². The van der Waals surface area contributed by atoms with Gasteiger partial charge in [0.1, 0.15) is 0 Å². The number of benzene rings is 1. The van der Waals surface area contributed by atoms with Crippen LogP contribution in [0.3, 0.4) is 0 Å². The van der Waals surface area contributed by atoms with Crippen LogP contribution in [0.15, 0.2) is 23.1 Å². The first-order valence-electron chi connectivity index (χ1n) is 6.09. The summed E-state index contributed by atoms with van der Waals surface area (Å²) in [4.78, 5) is 0.129. The van der Waals surface area contributed by atoms with E-state index in [0.29, 0.717) is 17.5 Å². The van der Waals surface area contributed by atoms with Gasteiger partial charge < -0.3 is 5.73 Å². The fourth-order valence-corrected chi connectivity index (χ4v) is 3.76. The Morgan fingerprint density at radius 3 is 2.58 bits per heavy atom. The molecule has 0 spiro atoms. The lowest BCUT2D eigenvalue weighted by atomic mass is 10.1. The van der Waals surface area contributed by atoms with Gasteiger partial charge in [-0.05, 0) is 43.4 Å². The van der Waals surface area contributed by atoms with Gasteiger partial charge in [0.15, 0.2) is 0 Å². The number of hydrogen-bond donors (Lipinski definition) is 2. The van der Waals surface area contributed by atoms with Crippen LogP contribution in [0.4, 0.5) is 0 Å². The van der Waals surface area contributed by atoms with Crippen LogP contribution in [0.25, 0.3) is 0 Å². The molecule has 0 aromatic heterocycles. The quantitative estimate of drug-likeness (QED) is 0.894. The molecule has 3 N–H and O–H groups in total. The van der Waals surface area contributed by atoms with Crippen LogP contribution in [0.2, 0.25) is 10.0 Å². The highest BCUT2D eigenvalue weighted by Crippen LogP contribution is 2.26. The average molecular weight is 323 g/mol. The van der Waals surface area contributed by atoms with Gasteiger partial charge in [-0.15, -0.1) is 0 Å². The van der Waals surface area contributed by atoms with Crippen molar-refractivity contribution in [3.8, 4) is 0 Å². The molecule has 1 aromatic carbocycles. The molecule has 1 aliphatic carbocycles. The SMILES string of the molecule is N[C@@H]1CC[C@H](CNS(=O)(=O)c2ccc(Cl)c(Cl)c2)C1. The Morgan fingerprint density at radius 2 is 2.00 bits per heavy atom. The Morgan fingerprint density at radius 1 is 1.26 bits per heavy atom. The fourth-order valence-electron chi connectivity index (χ4n) is 2.25. The Hall–Kier alpha value is -0.330. The number of nitrogens with one attached hydrogen (secondary N) is 1. The predicted octanol–water partition coefficient (Wildman–Crippen LogP) is 2.40. The van der Waals surface area contributed by atoms with Crippen LogP contribution in [-0.4, -0.2) is 21.0 Å². The molecular formula is C12H16Cl2N2O2S. The van der Waals surface area contributed by atoms with Crippen LogP contribution >= 0.6 is 23.2 Å². The van der Waals surface area contributed by atoms with E-state index in [1.165, 1.54) is 18.2 Å². The zero-order valence-electron chi connectivity index (χ0n) is 10.3. The Bertz CT molecular complexity index is 563. The summed E-state index contributed by atoms with van der Waals surface area (Å²) in [5.41, 5.74) is 5.80. The molecule has 0 heterocycles. The summed E-state index contributed by atoms with van der Waals surface area (Å²) < 4.78 is 26.8. The minimum Gasteiger partial charge on any atom is -0.328 e. The molecule has 0 radical (unpaired) electrons. The summed E-state index contributed by atoms with van der Waals surface area (Å²) in [5.74, 6) is 0.313. The van der Waals surface area contributed by atoms with E-state index in [-0.39, 0.29) is 16.0 Å². The van der Waals surface area contributed by atoms with Crippen LogP contribution in [0.1, 0.15) is 19.3 Å². The van der Waals surface area contributed by atoms with Gasteiger partial charge in [0.05, 0.1) is 14.9 Å². The van der Waals surface area contributed by atoms with E-state index in [1.807, 2.05) is 0 Å². The second-order valence-electron chi connectivity index (χ2n) is 4.87. The first-order chi connectivity index (χ1) is 8.88. The number of halogens is 2. The summed E-state index contributed by atoms with van der Waals surface area (Å²) in [5, 5.41) is 0.565. The standard InChI is InChI=1S/C12H16Cl2N2O2S/c13-11-4-3-10(6-12(11)14)19(17,18)16-7-8-1-2-9(15)5-8/h3-4,6,8-9,16H,1-2,5,7,15H2/t8-,9+/m0/s1. The van der Waals surface area contributed by atoms with Crippen molar-refractivity contribution in [1.82, 2.24) is 4.72 Å². The highest BCUT2D eigenvalue weighted by Gasteiger charge is 2.24. The van der Waals surface area contributed by atoms with Gasteiger partial charge in [0.2, 0.25) is 10.0 Å². The molecule has 0 saturated heterocycles. The zero-order valence-corrected chi connectivity index (χ0v) is 12.6. The van der Waals surface area contributed by atoms with Crippen molar-refractivity contribution >= 4 is 33.2 Å². The van der Waals surface area contributed by atoms with Gasteiger partial charge in [-0.2, -0.15) is 0 Å². The summed E-state index contributed by atoms with van der Waals surface area (Å²) in [7, 11) is -3.54. The molecule has 1 fully saturated rings. The number of rotatable bonds is 4. The van der Waals surface area contributed by atoms with Crippen molar-refractivity contribution in [2.45, 2.75) is 30.2 Å². The van der Waals surface area contributed by atoms with Crippen LogP contribution < -0.4 is 10.5 Å². The van der Waals surface area contributed by atoms with Gasteiger partial charge in [-0.1, -0.05) is 23.2 Å². The van der Waals surface area contributed by atoms with Gasteiger partial charge in [0.25, 0.3) is 0 Å². The minimum atomic E-state index is -3.54. The van der Waals surface area contributed by atoms with Gasteiger partial charge in [0, 0.05) is 12.6 Å². The van der Waals surface area contributed by atoms with Crippen LogP contribution in [-0.2, 0) is 10.0 Å². The molecule has 1 saturated carbocycles. The minimum absolute atomic E-state index is 0.129. The maximum Gasteiger partial charge on any atom is 0.240 e. The second-order valence-corrected chi connectivity index (χ2v) is 7.45. The maximum atomic E-state index is 12.1. The molecule has 106 valence electrons. The molecule has 0 aliphatic heterocycles.